The maximum absolute atomic E-state index is 13.2. The van der Waals surface area contributed by atoms with Crippen molar-refractivity contribution in [2.75, 3.05) is 0 Å². The van der Waals surface area contributed by atoms with E-state index in [1.807, 2.05) is 0 Å². The van der Waals surface area contributed by atoms with E-state index in [0.29, 0.717) is 0 Å². The SMILES string of the molecule is O=C([O-])c1ccc([N+](=O)[O][Sn]([O][N+](=O)c2ccc(C(=O)[O-])cc2)([O][N+](=O)c2ccc(C(=O)[O-])cc2)[O][N+](=O)c2ccc(C(=O)[O-])cc2)cc1. The molecule has 20 nitrogen and oxygen atoms in total. The van der Waals surface area contributed by atoms with Gasteiger partial charge < -0.3 is 0 Å². The monoisotopic (exact) mass is 784 g/mol. The summed E-state index contributed by atoms with van der Waals surface area (Å²) in [6.07, 6.45) is 0. The first kappa shape index (κ1) is 35.0. The molecule has 0 heterocycles. The average molecular weight is 783 g/mol. The number of aromatic carboxylic acids is 4. The summed E-state index contributed by atoms with van der Waals surface area (Å²) in [6.45, 7) is 0. The Morgan fingerprint density at radius 2 is 0.531 bits per heavy atom. The second kappa shape index (κ2) is 14.7. The van der Waals surface area contributed by atoms with Crippen molar-refractivity contribution in [3.8, 4) is 0 Å². The van der Waals surface area contributed by atoms with Gasteiger partial charge in [0.25, 0.3) is 0 Å². The molecular weight excluding hydrogens is 767 g/mol. The van der Waals surface area contributed by atoms with Gasteiger partial charge in [-0.15, -0.1) is 0 Å². The van der Waals surface area contributed by atoms with Crippen molar-refractivity contribution >= 4 is 66.7 Å². The molecule has 0 radical (unpaired) electrons. The fourth-order valence-corrected chi connectivity index (χ4v) is 7.69. The molecule has 0 bridgehead atoms. The minimum absolute atomic E-state index is 0.377. The molecular formula is C28H16N4O16Sn. The van der Waals surface area contributed by atoms with Gasteiger partial charge in [0, 0.05) is 0 Å². The molecule has 0 saturated carbocycles. The third kappa shape index (κ3) is 8.70. The Hall–Kier alpha value is -6.84. The van der Waals surface area contributed by atoms with Crippen LogP contribution in [-0.4, -0.2) is 63.6 Å². The fourth-order valence-electron chi connectivity index (χ4n) is 3.59. The number of rotatable bonds is 16. The molecule has 0 amide bonds. The van der Waals surface area contributed by atoms with E-state index < -0.39 is 86.4 Å². The molecule has 0 fully saturated rings. The number of carbonyl (C=O) groups excluding carboxylic acids is 4. The Morgan fingerprint density at radius 3 is 0.673 bits per heavy atom. The van der Waals surface area contributed by atoms with Crippen molar-refractivity contribution in [2.24, 2.45) is 0 Å². The van der Waals surface area contributed by atoms with Crippen LogP contribution in [0.2, 0.25) is 0 Å². The second-order valence-electron chi connectivity index (χ2n) is 9.23. The van der Waals surface area contributed by atoms with E-state index in [2.05, 4.69) is 0 Å². The molecule has 4 aromatic carbocycles. The maximum atomic E-state index is 13.2. The summed E-state index contributed by atoms with van der Waals surface area (Å²) in [6, 6.07) is 14.4. The van der Waals surface area contributed by atoms with Gasteiger partial charge in [0.05, 0.1) is 0 Å². The van der Waals surface area contributed by atoms with E-state index >= 15 is 0 Å². The molecule has 0 aliphatic carbocycles. The molecule has 49 heavy (non-hydrogen) atoms. The van der Waals surface area contributed by atoms with E-state index in [0.717, 1.165) is 97.1 Å². The molecule has 0 aliphatic rings. The predicted octanol–water partition coefficient (Wildman–Crippen LogP) is -0.955. The third-order valence-electron chi connectivity index (χ3n) is 6.03. The van der Waals surface area contributed by atoms with Gasteiger partial charge in [-0.05, 0) is 0 Å². The van der Waals surface area contributed by atoms with Gasteiger partial charge in [0.15, 0.2) is 0 Å². The Bertz CT molecular complexity index is 1690. The van der Waals surface area contributed by atoms with Crippen molar-refractivity contribution in [1.82, 2.24) is 0 Å². The van der Waals surface area contributed by atoms with Gasteiger partial charge in [-0.3, -0.25) is 0 Å². The summed E-state index contributed by atoms with van der Waals surface area (Å²) >= 11 is -7.04. The quantitative estimate of drug-likeness (QED) is 0.0978. The first-order valence-electron chi connectivity index (χ1n) is 13.1. The normalized spacial score (nSPS) is 10.6. The number of carboxylic acid groups (broad SMARTS) is 4. The van der Waals surface area contributed by atoms with Gasteiger partial charge >= 0.3 is 278 Å². The van der Waals surface area contributed by atoms with Gasteiger partial charge in [-0.25, -0.2) is 0 Å². The van der Waals surface area contributed by atoms with E-state index in [1.54, 1.807) is 0 Å². The summed E-state index contributed by atoms with van der Waals surface area (Å²) in [5.41, 5.74) is -3.60. The first-order valence-corrected chi connectivity index (χ1v) is 17.8. The summed E-state index contributed by atoms with van der Waals surface area (Å²) in [5.74, 6) is -6.45. The van der Waals surface area contributed by atoms with Gasteiger partial charge in [0.1, 0.15) is 0 Å². The van der Waals surface area contributed by atoms with Gasteiger partial charge in [-0.2, -0.15) is 0 Å². The fraction of sp³-hybridized carbons (Fsp3) is 0. The van der Waals surface area contributed by atoms with Crippen LogP contribution in [-0.2, 0) is 12.7 Å². The Morgan fingerprint density at radius 1 is 0.367 bits per heavy atom. The van der Waals surface area contributed by atoms with Crippen LogP contribution in [0.3, 0.4) is 0 Å². The Labute approximate surface area is 277 Å². The summed E-state index contributed by atoms with van der Waals surface area (Å²) in [5, 5.41) is 44.6. The summed E-state index contributed by atoms with van der Waals surface area (Å²) < 4.78 is 20.8. The van der Waals surface area contributed by atoms with Crippen molar-refractivity contribution in [3.05, 3.63) is 139 Å². The standard InChI is InChI=1S/4C7H5NO4.Sn/c4*9-7(10)5-1-3-6(4-2-5)8(11)12;/h4*1-4H,(H,9,10);/q;;;;+4/p-4. The number of nitrogens with zero attached hydrogens (tertiary/aromatic N) is 4. The molecule has 0 unspecified atom stereocenters. The third-order valence-corrected chi connectivity index (χ3v) is 10.5. The number of hydrogen-bond acceptors (Lipinski definition) is 16. The van der Waals surface area contributed by atoms with Crippen molar-refractivity contribution in [2.45, 2.75) is 0 Å². The molecule has 0 aromatic heterocycles. The van der Waals surface area contributed by atoms with E-state index in [9.17, 15) is 59.2 Å². The zero-order chi connectivity index (χ0) is 35.9. The van der Waals surface area contributed by atoms with Crippen molar-refractivity contribution in [3.63, 3.8) is 0 Å². The molecule has 4 aromatic rings. The van der Waals surface area contributed by atoms with Crippen LogP contribution < -0.4 is 20.4 Å². The zero-order valence-corrected chi connectivity index (χ0v) is 26.9. The molecule has 21 heteroatoms. The average Bonchev–Trinajstić information content (AvgIpc) is 3.08. The summed E-state index contributed by atoms with van der Waals surface area (Å²) in [4.78, 5) is 95.7. The zero-order valence-electron chi connectivity index (χ0n) is 24.1. The van der Waals surface area contributed by atoms with E-state index in [-0.39, 0.29) is 22.3 Å². The van der Waals surface area contributed by atoms with Crippen molar-refractivity contribution < 1.29 is 72.0 Å². The van der Waals surface area contributed by atoms with Crippen LogP contribution in [0.5, 0.6) is 0 Å². The van der Waals surface area contributed by atoms with Gasteiger partial charge in [0.2, 0.25) is 0 Å². The predicted molar refractivity (Wildman–Crippen MR) is 146 cm³/mol. The van der Waals surface area contributed by atoms with Crippen LogP contribution in [0, 0.1) is 19.6 Å². The topological polar surface area (TPSA) is 278 Å². The molecule has 0 saturated heterocycles. The van der Waals surface area contributed by atoms with E-state index in [1.165, 1.54) is 0 Å². The molecule has 4 rings (SSSR count). The summed E-state index contributed by atoms with van der Waals surface area (Å²) in [7, 11) is 0. The molecule has 0 spiro atoms. The molecule has 0 aliphatic heterocycles. The van der Waals surface area contributed by atoms with Gasteiger partial charge in [-0.1, -0.05) is 0 Å². The van der Waals surface area contributed by atoms with Crippen LogP contribution in [0.4, 0.5) is 22.7 Å². The first-order chi connectivity index (χ1) is 23.2. The number of carbonyl (C=O) groups is 4. The van der Waals surface area contributed by atoms with E-state index in [4.69, 9.17) is 12.7 Å². The number of benzene rings is 4. The molecule has 0 atom stereocenters. The minimum atomic E-state index is -7.04. The van der Waals surface area contributed by atoms with Crippen LogP contribution in [0.15, 0.2) is 97.1 Å². The van der Waals surface area contributed by atoms with Crippen LogP contribution >= 0.6 is 0 Å². The van der Waals surface area contributed by atoms with Crippen LogP contribution in [0.25, 0.3) is 0 Å². The van der Waals surface area contributed by atoms with Crippen molar-refractivity contribution in [1.29, 1.82) is 0 Å². The Balaban J connectivity index is 1.80. The number of hydrogen-bond donors (Lipinski definition) is 0. The molecule has 248 valence electrons. The molecule has 0 N–H and O–H groups in total. The van der Waals surface area contributed by atoms with Crippen LogP contribution in [0.1, 0.15) is 41.4 Å². The Kier molecular flexibility index (Phi) is 10.5. The number of carboxylic acids is 4. The second-order valence-corrected chi connectivity index (χ2v) is 14.2.